The molecule has 0 aliphatic carbocycles. The van der Waals surface area contributed by atoms with E-state index in [1.165, 1.54) is 0 Å². The molecule has 1 amide bonds. The molecular weight excluding hydrogens is 356 g/mol. The number of amides is 1. The van der Waals surface area contributed by atoms with Gasteiger partial charge in [0.05, 0.1) is 15.8 Å². The summed E-state index contributed by atoms with van der Waals surface area (Å²) < 4.78 is 7.52. The van der Waals surface area contributed by atoms with Crippen LogP contribution in [-0.2, 0) is 18.3 Å². The van der Waals surface area contributed by atoms with Gasteiger partial charge in [-0.05, 0) is 43.4 Å². The molecule has 1 heterocycles. The van der Waals surface area contributed by atoms with Gasteiger partial charge in [0, 0.05) is 7.05 Å². The van der Waals surface area contributed by atoms with E-state index in [0.717, 1.165) is 9.26 Å². The molecule has 0 aliphatic heterocycles. The summed E-state index contributed by atoms with van der Waals surface area (Å²) in [4.78, 5) is 11.4. The lowest BCUT2D eigenvalue weighted by Crippen LogP contribution is -2.32. The molecule has 0 bridgehead atoms. The molecule has 5 nitrogen and oxygen atoms in total. The van der Waals surface area contributed by atoms with Gasteiger partial charge in [-0.3, -0.25) is 4.68 Å². The second kappa shape index (κ2) is 5.43. The van der Waals surface area contributed by atoms with Gasteiger partial charge in [0.15, 0.2) is 0 Å². The van der Waals surface area contributed by atoms with E-state index in [4.69, 9.17) is 16.3 Å². The first-order chi connectivity index (χ1) is 7.70. The first-order valence-corrected chi connectivity index (χ1v) is 6.50. The minimum Gasteiger partial charge on any atom is -0.444 e. The summed E-state index contributed by atoms with van der Waals surface area (Å²) >= 11 is 8.06. The van der Waals surface area contributed by atoms with Crippen molar-refractivity contribution in [1.29, 1.82) is 0 Å². The van der Waals surface area contributed by atoms with E-state index in [1.807, 2.05) is 20.8 Å². The van der Waals surface area contributed by atoms with Gasteiger partial charge in [0.25, 0.3) is 0 Å². The molecule has 0 atom stereocenters. The number of aromatic nitrogens is 2. The number of nitrogens with one attached hydrogen (secondary N) is 1. The van der Waals surface area contributed by atoms with E-state index in [1.54, 1.807) is 11.7 Å². The van der Waals surface area contributed by atoms with Gasteiger partial charge in [-0.25, -0.2) is 4.79 Å². The number of rotatable bonds is 2. The smallest absolute Gasteiger partial charge is 0.407 e. The lowest BCUT2D eigenvalue weighted by molar-refractivity contribution is 0.0522. The third-order valence-electron chi connectivity index (χ3n) is 1.79. The maximum Gasteiger partial charge on any atom is 0.407 e. The minimum absolute atomic E-state index is 0.299. The Morgan fingerprint density at radius 3 is 2.59 bits per heavy atom. The Morgan fingerprint density at radius 2 is 2.18 bits per heavy atom. The first kappa shape index (κ1) is 14.6. The fourth-order valence-corrected chi connectivity index (χ4v) is 1.91. The van der Waals surface area contributed by atoms with Crippen LogP contribution in [-0.4, -0.2) is 21.5 Å². The van der Waals surface area contributed by atoms with Gasteiger partial charge in [-0.15, -0.1) is 0 Å². The molecule has 1 aromatic rings. The fraction of sp³-hybridized carbons (Fsp3) is 0.600. The lowest BCUT2D eigenvalue weighted by atomic mass is 10.2. The van der Waals surface area contributed by atoms with E-state index < -0.39 is 11.7 Å². The SMILES string of the molecule is Cn1nc(CNC(=O)OC(C)(C)C)c(I)c1Cl. The summed E-state index contributed by atoms with van der Waals surface area (Å²) in [6, 6.07) is 0. The number of carbonyl (C=O) groups excluding carboxylic acids is 1. The molecule has 17 heavy (non-hydrogen) atoms. The second-order valence-electron chi connectivity index (χ2n) is 4.53. The highest BCUT2D eigenvalue weighted by molar-refractivity contribution is 14.1. The lowest BCUT2D eigenvalue weighted by Gasteiger charge is -2.19. The molecule has 0 unspecified atom stereocenters. The topological polar surface area (TPSA) is 56.2 Å². The predicted octanol–water partition coefficient (Wildman–Crippen LogP) is 2.70. The number of halogens is 2. The number of alkyl carbamates (subject to hydrolysis) is 1. The molecule has 1 N–H and O–H groups in total. The van der Waals surface area contributed by atoms with Crippen molar-refractivity contribution in [2.45, 2.75) is 32.9 Å². The molecule has 0 aliphatic rings. The van der Waals surface area contributed by atoms with Gasteiger partial charge >= 0.3 is 6.09 Å². The van der Waals surface area contributed by atoms with Crippen molar-refractivity contribution >= 4 is 40.3 Å². The first-order valence-electron chi connectivity index (χ1n) is 5.04. The molecule has 0 aromatic carbocycles. The average Bonchev–Trinajstić information content (AvgIpc) is 2.40. The largest absolute Gasteiger partial charge is 0.444 e. The monoisotopic (exact) mass is 371 g/mol. The number of aryl methyl sites for hydroxylation is 1. The Balaban J connectivity index is 2.56. The maximum absolute atomic E-state index is 11.4. The number of nitrogens with zero attached hydrogens (tertiary/aromatic N) is 2. The Morgan fingerprint density at radius 1 is 1.59 bits per heavy atom. The van der Waals surface area contributed by atoms with Gasteiger partial charge in [-0.2, -0.15) is 5.10 Å². The van der Waals surface area contributed by atoms with Crippen molar-refractivity contribution in [2.75, 3.05) is 0 Å². The van der Waals surface area contributed by atoms with Crippen LogP contribution in [0.1, 0.15) is 26.5 Å². The van der Waals surface area contributed by atoms with E-state index in [9.17, 15) is 4.79 Å². The molecule has 1 aromatic heterocycles. The van der Waals surface area contributed by atoms with Crippen LogP contribution in [0.5, 0.6) is 0 Å². The highest BCUT2D eigenvalue weighted by atomic mass is 127. The zero-order valence-electron chi connectivity index (χ0n) is 10.2. The van der Waals surface area contributed by atoms with Gasteiger partial charge in [0.2, 0.25) is 0 Å². The third kappa shape index (κ3) is 4.34. The van der Waals surface area contributed by atoms with Crippen LogP contribution in [0.2, 0.25) is 5.15 Å². The van der Waals surface area contributed by atoms with Crippen LogP contribution < -0.4 is 5.32 Å². The Kier molecular flexibility index (Phi) is 4.65. The highest BCUT2D eigenvalue weighted by Crippen LogP contribution is 2.20. The zero-order chi connectivity index (χ0) is 13.2. The van der Waals surface area contributed by atoms with E-state index >= 15 is 0 Å². The summed E-state index contributed by atoms with van der Waals surface area (Å²) in [5.74, 6) is 0. The summed E-state index contributed by atoms with van der Waals surface area (Å²) in [6.45, 7) is 5.74. The van der Waals surface area contributed by atoms with Crippen LogP contribution in [0.25, 0.3) is 0 Å². The molecule has 0 saturated carbocycles. The summed E-state index contributed by atoms with van der Waals surface area (Å²) in [7, 11) is 1.75. The number of ether oxygens (including phenoxy) is 1. The standard InChI is InChI=1S/C10H15ClIN3O2/c1-10(2,3)17-9(16)13-5-6-7(12)8(11)15(4)14-6/h5H2,1-4H3,(H,13,16). The summed E-state index contributed by atoms with van der Waals surface area (Å²) in [5, 5.41) is 7.38. The zero-order valence-corrected chi connectivity index (χ0v) is 13.1. The van der Waals surface area contributed by atoms with Gasteiger partial charge < -0.3 is 10.1 Å². The average molecular weight is 372 g/mol. The van der Waals surface area contributed by atoms with Gasteiger partial charge in [-0.1, -0.05) is 11.6 Å². The van der Waals surface area contributed by atoms with Crippen molar-refractivity contribution in [3.05, 3.63) is 14.4 Å². The van der Waals surface area contributed by atoms with Crippen LogP contribution in [0.15, 0.2) is 0 Å². The Bertz CT molecular complexity index is 426. The molecular formula is C10H15ClIN3O2. The molecule has 0 saturated heterocycles. The quantitative estimate of drug-likeness (QED) is 0.813. The van der Waals surface area contributed by atoms with Crippen LogP contribution in [0, 0.1) is 3.57 Å². The molecule has 0 spiro atoms. The molecule has 0 fully saturated rings. The van der Waals surface area contributed by atoms with Gasteiger partial charge in [0.1, 0.15) is 10.8 Å². The maximum atomic E-state index is 11.4. The van der Waals surface area contributed by atoms with Crippen LogP contribution in [0.4, 0.5) is 4.79 Å². The molecule has 0 radical (unpaired) electrons. The van der Waals surface area contributed by atoms with Crippen molar-refractivity contribution in [1.82, 2.24) is 15.1 Å². The molecule has 96 valence electrons. The minimum atomic E-state index is -0.501. The number of hydrogen-bond donors (Lipinski definition) is 1. The van der Waals surface area contributed by atoms with Crippen molar-refractivity contribution < 1.29 is 9.53 Å². The highest BCUT2D eigenvalue weighted by Gasteiger charge is 2.17. The van der Waals surface area contributed by atoms with E-state index in [-0.39, 0.29) is 0 Å². The second-order valence-corrected chi connectivity index (χ2v) is 5.97. The fourth-order valence-electron chi connectivity index (χ4n) is 1.11. The van der Waals surface area contributed by atoms with E-state index in [2.05, 4.69) is 33.0 Å². The van der Waals surface area contributed by atoms with Crippen molar-refractivity contribution in [3.63, 3.8) is 0 Å². The summed E-state index contributed by atoms with van der Waals surface area (Å²) in [6.07, 6.45) is -0.463. The Hall–Kier alpha value is -0.500. The number of carbonyl (C=O) groups is 1. The normalized spacial score (nSPS) is 11.4. The summed E-state index contributed by atoms with van der Waals surface area (Å²) in [5.41, 5.74) is 0.225. The predicted molar refractivity (Wildman–Crippen MR) is 74.0 cm³/mol. The molecule has 1 rings (SSSR count). The van der Waals surface area contributed by atoms with Crippen molar-refractivity contribution in [2.24, 2.45) is 7.05 Å². The van der Waals surface area contributed by atoms with Crippen LogP contribution >= 0.6 is 34.2 Å². The van der Waals surface area contributed by atoms with E-state index in [0.29, 0.717) is 11.7 Å². The number of hydrogen-bond acceptors (Lipinski definition) is 3. The van der Waals surface area contributed by atoms with Crippen LogP contribution in [0.3, 0.4) is 0 Å². The van der Waals surface area contributed by atoms with Crippen molar-refractivity contribution in [3.8, 4) is 0 Å². The molecule has 7 heteroatoms. The third-order valence-corrected chi connectivity index (χ3v) is 3.67. The Labute approximate surface area is 119 Å².